The molecule has 2 atom stereocenters. The molecule has 200 valence electrons. The van der Waals surface area contributed by atoms with Gasteiger partial charge in [-0.05, 0) is 37.5 Å². The van der Waals surface area contributed by atoms with Crippen molar-refractivity contribution in [2.75, 3.05) is 13.2 Å². The van der Waals surface area contributed by atoms with Crippen LogP contribution in [0.2, 0.25) is 0 Å². The summed E-state index contributed by atoms with van der Waals surface area (Å²) in [4.78, 5) is 25.4. The van der Waals surface area contributed by atoms with E-state index in [2.05, 4.69) is 55.4 Å². The molecule has 1 saturated carbocycles. The largest absolute Gasteiger partial charge is 0.465 e. The molecule has 1 aliphatic rings. The molecule has 0 aromatic heterocycles. The number of hydrogen-bond acceptors (Lipinski definition) is 4. The highest BCUT2D eigenvalue weighted by Gasteiger charge is 2.35. The summed E-state index contributed by atoms with van der Waals surface area (Å²) in [5.41, 5.74) is -0.0181. The van der Waals surface area contributed by atoms with Crippen LogP contribution in [0.4, 0.5) is 0 Å². The Labute approximate surface area is 211 Å². The predicted molar refractivity (Wildman–Crippen MR) is 142 cm³/mol. The van der Waals surface area contributed by atoms with Crippen LogP contribution in [0.5, 0.6) is 0 Å². The fourth-order valence-electron chi connectivity index (χ4n) is 4.78. The number of ether oxygens (including phenoxy) is 2. The van der Waals surface area contributed by atoms with Gasteiger partial charge in [-0.3, -0.25) is 9.59 Å². The van der Waals surface area contributed by atoms with Gasteiger partial charge >= 0.3 is 11.9 Å². The molecule has 0 amide bonds. The Kier molecular flexibility index (Phi) is 13.8. The van der Waals surface area contributed by atoms with Gasteiger partial charge in [0.2, 0.25) is 0 Å². The van der Waals surface area contributed by atoms with Crippen LogP contribution in [-0.4, -0.2) is 25.2 Å². The molecule has 0 heterocycles. The van der Waals surface area contributed by atoms with E-state index in [1.165, 1.54) is 51.4 Å². The maximum absolute atomic E-state index is 12.7. The van der Waals surface area contributed by atoms with Crippen LogP contribution in [0.15, 0.2) is 0 Å². The van der Waals surface area contributed by atoms with Gasteiger partial charge in [-0.2, -0.15) is 0 Å². The van der Waals surface area contributed by atoms with Crippen LogP contribution < -0.4 is 0 Å². The summed E-state index contributed by atoms with van der Waals surface area (Å²) in [5.74, 6) is 0.730. The van der Waals surface area contributed by atoms with E-state index in [9.17, 15) is 9.59 Å². The Morgan fingerprint density at radius 1 is 0.676 bits per heavy atom. The normalized spacial score (nSPS) is 21.1. The number of esters is 2. The average molecular weight is 481 g/mol. The number of carbonyl (C=O) groups excluding carboxylic acids is 2. The molecular weight excluding hydrogens is 424 g/mol. The third kappa shape index (κ3) is 10.7. The van der Waals surface area contributed by atoms with Crippen LogP contribution >= 0.6 is 0 Å². The Morgan fingerprint density at radius 2 is 1.00 bits per heavy atom. The average Bonchev–Trinajstić information content (AvgIpc) is 2.81. The zero-order valence-electron chi connectivity index (χ0n) is 23.8. The van der Waals surface area contributed by atoms with Crippen molar-refractivity contribution in [3.63, 3.8) is 0 Å². The summed E-state index contributed by atoms with van der Waals surface area (Å²) in [6.07, 6.45) is 12.7. The highest BCUT2D eigenvalue weighted by Crippen LogP contribution is 2.35. The Hall–Kier alpha value is -1.06. The fourth-order valence-corrected chi connectivity index (χ4v) is 4.78. The molecule has 0 bridgehead atoms. The van der Waals surface area contributed by atoms with E-state index in [4.69, 9.17) is 9.47 Å². The van der Waals surface area contributed by atoms with Gasteiger partial charge in [0.1, 0.15) is 0 Å². The first-order valence-corrected chi connectivity index (χ1v) is 14.3. The molecule has 0 aliphatic heterocycles. The van der Waals surface area contributed by atoms with Crippen LogP contribution in [0.25, 0.3) is 0 Å². The summed E-state index contributed by atoms with van der Waals surface area (Å²) >= 11 is 0. The topological polar surface area (TPSA) is 52.6 Å². The number of hydrogen-bond donors (Lipinski definition) is 0. The minimum absolute atomic E-state index is 0.00904. The van der Waals surface area contributed by atoms with Gasteiger partial charge < -0.3 is 9.47 Å². The van der Waals surface area contributed by atoms with Gasteiger partial charge in [0.05, 0.1) is 25.0 Å². The molecule has 0 aromatic carbocycles. The molecule has 34 heavy (non-hydrogen) atoms. The van der Waals surface area contributed by atoms with E-state index in [1.807, 2.05) is 0 Å². The van der Waals surface area contributed by atoms with Crippen molar-refractivity contribution in [3.8, 4) is 0 Å². The maximum atomic E-state index is 12.7. The van der Waals surface area contributed by atoms with Crippen molar-refractivity contribution in [1.82, 2.24) is 0 Å². The second kappa shape index (κ2) is 15.1. The highest BCUT2D eigenvalue weighted by molar-refractivity contribution is 5.75. The Bertz CT molecular complexity index is 535. The van der Waals surface area contributed by atoms with E-state index >= 15 is 0 Å². The van der Waals surface area contributed by atoms with E-state index in [0.717, 1.165) is 25.7 Å². The lowest BCUT2D eigenvalue weighted by molar-refractivity contribution is -0.159. The third-order valence-electron chi connectivity index (χ3n) is 8.72. The minimum Gasteiger partial charge on any atom is -0.465 e. The summed E-state index contributed by atoms with van der Waals surface area (Å²) < 4.78 is 11.5. The molecule has 4 heteroatoms. The highest BCUT2D eigenvalue weighted by atomic mass is 16.5. The zero-order valence-corrected chi connectivity index (χ0v) is 23.8. The summed E-state index contributed by atoms with van der Waals surface area (Å²) in [7, 11) is 0. The van der Waals surface area contributed by atoms with Gasteiger partial charge in [0.15, 0.2) is 0 Å². The van der Waals surface area contributed by atoms with E-state index in [0.29, 0.717) is 25.0 Å². The molecule has 0 aromatic rings. The van der Waals surface area contributed by atoms with Gasteiger partial charge in [-0.15, -0.1) is 0 Å². The van der Waals surface area contributed by atoms with Crippen molar-refractivity contribution in [2.45, 2.75) is 132 Å². The Balaban J connectivity index is 2.38. The molecule has 2 unspecified atom stereocenters. The number of unbranched alkanes of at least 4 members (excludes halogenated alkanes) is 4. The van der Waals surface area contributed by atoms with Gasteiger partial charge in [-0.1, -0.05) is 107 Å². The van der Waals surface area contributed by atoms with Crippen molar-refractivity contribution < 1.29 is 19.1 Å². The summed E-state index contributed by atoms with van der Waals surface area (Å²) in [6, 6.07) is 0. The van der Waals surface area contributed by atoms with Gasteiger partial charge in [-0.25, -0.2) is 0 Å². The number of carbonyl (C=O) groups is 2. The first kappa shape index (κ1) is 31.0. The zero-order chi connectivity index (χ0) is 25.8. The molecule has 4 nitrogen and oxygen atoms in total. The lowest BCUT2D eigenvalue weighted by Crippen LogP contribution is -2.34. The van der Waals surface area contributed by atoms with E-state index in [-0.39, 0.29) is 34.6 Å². The van der Waals surface area contributed by atoms with Crippen LogP contribution in [0.3, 0.4) is 0 Å². The third-order valence-corrected chi connectivity index (χ3v) is 8.72. The quantitative estimate of drug-likeness (QED) is 0.164. The molecule has 0 spiro atoms. The molecule has 1 rings (SSSR count). The molecule has 0 saturated heterocycles. The maximum Gasteiger partial charge on any atom is 0.308 e. The first-order chi connectivity index (χ1) is 15.9. The molecular formula is C30H56O4. The smallest absolute Gasteiger partial charge is 0.308 e. The monoisotopic (exact) mass is 480 g/mol. The van der Waals surface area contributed by atoms with E-state index in [1.54, 1.807) is 0 Å². The molecule has 1 aliphatic carbocycles. The second-order valence-electron chi connectivity index (χ2n) is 12.5. The van der Waals surface area contributed by atoms with Crippen molar-refractivity contribution in [3.05, 3.63) is 0 Å². The van der Waals surface area contributed by atoms with E-state index < -0.39 is 0 Å². The van der Waals surface area contributed by atoms with Crippen molar-refractivity contribution >= 4 is 11.9 Å². The second-order valence-corrected chi connectivity index (χ2v) is 12.5. The summed E-state index contributed by atoms with van der Waals surface area (Å²) in [6.45, 7) is 18.8. The van der Waals surface area contributed by atoms with Crippen LogP contribution in [0, 0.1) is 34.5 Å². The van der Waals surface area contributed by atoms with Gasteiger partial charge in [0.25, 0.3) is 0 Å². The predicted octanol–water partition coefficient (Wildman–Crippen LogP) is 8.36. The molecule has 1 fully saturated rings. The molecule has 0 N–H and O–H groups in total. The lowest BCUT2D eigenvalue weighted by atomic mass is 9.77. The SMILES string of the molecule is CCCCCC(C)C(C)(C)COC(=O)C1CCC(C(=O)OCC(C)(C)C(C)CCCCC)CC1. The van der Waals surface area contributed by atoms with Crippen molar-refractivity contribution in [2.24, 2.45) is 34.5 Å². The number of rotatable bonds is 16. The standard InChI is InChI=1S/C30H56O4/c1-9-11-13-15-23(3)29(5,6)21-33-27(31)25-17-19-26(20-18-25)28(32)34-22-30(7,8)24(4)16-14-12-10-2/h23-26H,9-22H2,1-8H3. The minimum atomic E-state index is -0.0808. The van der Waals surface area contributed by atoms with Crippen LogP contribution in [0.1, 0.15) is 132 Å². The van der Waals surface area contributed by atoms with Crippen LogP contribution in [-0.2, 0) is 19.1 Å². The summed E-state index contributed by atoms with van der Waals surface area (Å²) in [5, 5.41) is 0. The van der Waals surface area contributed by atoms with Crippen molar-refractivity contribution in [1.29, 1.82) is 0 Å². The lowest BCUT2D eigenvalue weighted by Gasteiger charge is -2.33. The first-order valence-electron chi connectivity index (χ1n) is 14.3. The molecule has 0 radical (unpaired) electrons. The van der Waals surface area contributed by atoms with Gasteiger partial charge in [0, 0.05) is 10.8 Å². The Morgan fingerprint density at radius 3 is 1.29 bits per heavy atom. The fraction of sp³-hybridized carbons (Fsp3) is 0.933.